The highest BCUT2D eigenvalue weighted by Crippen LogP contribution is 2.12. The molecule has 0 spiro atoms. The first-order chi connectivity index (χ1) is 8.47. The molecule has 0 aromatic carbocycles. The van der Waals surface area contributed by atoms with Gasteiger partial charge in [-0.05, 0) is 27.7 Å². The zero-order valence-electron chi connectivity index (χ0n) is 11.2. The normalized spacial score (nSPS) is 11.0. The van der Waals surface area contributed by atoms with E-state index in [0.29, 0.717) is 13.2 Å². The Kier molecular flexibility index (Phi) is 5.57. The summed E-state index contributed by atoms with van der Waals surface area (Å²) in [6.07, 6.45) is 0.126. The van der Waals surface area contributed by atoms with Gasteiger partial charge in [0.15, 0.2) is 0 Å². The number of ether oxygens (including phenoxy) is 3. The van der Waals surface area contributed by atoms with Crippen molar-refractivity contribution >= 4 is 5.95 Å². The number of hydrogen-bond acceptors (Lipinski definition) is 7. The van der Waals surface area contributed by atoms with Crippen LogP contribution in [-0.4, -0.2) is 40.4 Å². The van der Waals surface area contributed by atoms with Crippen molar-refractivity contribution in [2.45, 2.75) is 39.9 Å². The minimum atomic E-state index is -0.0380. The van der Waals surface area contributed by atoms with Gasteiger partial charge in [-0.3, -0.25) is 0 Å². The summed E-state index contributed by atoms with van der Waals surface area (Å²) >= 11 is 0. The zero-order chi connectivity index (χ0) is 13.5. The number of nitrogens with two attached hydrogens (primary N) is 1. The lowest BCUT2D eigenvalue weighted by Gasteiger charge is -2.10. The van der Waals surface area contributed by atoms with Crippen LogP contribution in [0.2, 0.25) is 0 Å². The second kappa shape index (κ2) is 6.95. The van der Waals surface area contributed by atoms with E-state index in [1.807, 2.05) is 27.7 Å². The molecule has 102 valence electrons. The van der Waals surface area contributed by atoms with Crippen LogP contribution >= 0.6 is 0 Å². The van der Waals surface area contributed by atoms with E-state index in [1.165, 1.54) is 0 Å². The molecule has 7 nitrogen and oxygen atoms in total. The summed E-state index contributed by atoms with van der Waals surface area (Å²) in [5.74, 6) is 0.0698. The van der Waals surface area contributed by atoms with Gasteiger partial charge in [0.2, 0.25) is 5.95 Å². The van der Waals surface area contributed by atoms with E-state index in [1.54, 1.807) is 0 Å². The van der Waals surface area contributed by atoms with Gasteiger partial charge in [0.1, 0.15) is 6.61 Å². The quantitative estimate of drug-likeness (QED) is 0.729. The molecule has 1 aromatic rings. The smallest absolute Gasteiger partial charge is 0.324 e. The van der Waals surface area contributed by atoms with E-state index in [-0.39, 0.29) is 30.2 Å². The first-order valence-corrected chi connectivity index (χ1v) is 5.90. The number of anilines is 1. The van der Waals surface area contributed by atoms with Crippen LogP contribution in [-0.2, 0) is 4.74 Å². The molecule has 7 heteroatoms. The fourth-order valence-electron chi connectivity index (χ4n) is 1.10. The maximum absolute atomic E-state index is 5.53. The number of nitrogen functional groups attached to an aromatic ring is 1. The Morgan fingerprint density at radius 2 is 1.61 bits per heavy atom. The number of hydrogen-bond donors (Lipinski definition) is 1. The van der Waals surface area contributed by atoms with Crippen LogP contribution in [0.15, 0.2) is 0 Å². The SMILES string of the molecule is CC(C)OCCOc1nc(N)nc(OC(C)C)n1. The largest absolute Gasteiger partial charge is 0.461 e. The Morgan fingerprint density at radius 1 is 0.944 bits per heavy atom. The van der Waals surface area contributed by atoms with Crippen molar-refractivity contribution < 1.29 is 14.2 Å². The maximum Gasteiger partial charge on any atom is 0.324 e. The lowest BCUT2D eigenvalue weighted by atomic mass is 10.5. The Morgan fingerprint density at radius 3 is 2.22 bits per heavy atom. The molecular formula is C11H20N4O3. The molecule has 0 saturated heterocycles. The lowest BCUT2D eigenvalue weighted by Crippen LogP contribution is -2.14. The van der Waals surface area contributed by atoms with Crippen molar-refractivity contribution in [2.75, 3.05) is 18.9 Å². The molecule has 0 bridgehead atoms. The summed E-state index contributed by atoms with van der Waals surface area (Å²) < 4.78 is 16.0. The van der Waals surface area contributed by atoms with E-state index in [9.17, 15) is 0 Å². The topological polar surface area (TPSA) is 92.4 Å². The third kappa shape index (κ3) is 5.62. The summed E-state index contributed by atoms with van der Waals surface area (Å²) in [4.78, 5) is 11.7. The van der Waals surface area contributed by atoms with Gasteiger partial charge in [-0.2, -0.15) is 9.97 Å². The van der Waals surface area contributed by atoms with Gasteiger partial charge in [-0.25, -0.2) is 0 Å². The minimum Gasteiger partial charge on any atom is -0.461 e. The molecule has 2 N–H and O–H groups in total. The molecule has 0 aliphatic heterocycles. The minimum absolute atomic E-state index is 0.0380. The average molecular weight is 256 g/mol. The van der Waals surface area contributed by atoms with Gasteiger partial charge < -0.3 is 19.9 Å². The van der Waals surface area contributed by atoms with Gasteiger partial charge in [-0.1, -0.05) is 0 Å². The van der Waals surface area contributed by atoms with Crippen molar-refractivity contribution in [3.63, 3.8) is 0 Å². The van der Waals surface area contributed by atoms with Crippen LogP contribution in [0, 0.1) is 0 Å². The zero-order valence-corrected chi connectivity index (χ0v) is 11.2. The molecule has 18 heavy (non-hydrogen) atoms. The number of rotatable bonds is 7. The Labute approximate surface area is 107 Å². The molecule has 0 saturated carbocycles. The molecule has 1 heterocycles. The van der Waals surface area contributed by atoms with Crippen LogP contribution < -0.4 is 15.2 Å². The lowest BCUT2D eigenvalue weighted by molar-refractivity contribution is 0.0527. The van der Waals surface area contributed by atoms with Gasteiger partial charge >= 0.3 is 12.0 Å². The molecule has 0 unspecified atom stereocenters. The van der Waals surface area contributed by atoms with E-state index in [4.69, 9.17) is 19.9 Å². The van der Waals surface area contributed by atoms with Crippen molar-refractivity contribution in [2.24, 2.45) is 0 Å². The highest BCUT2D eigenvalue weighted by Gasteiger charge is 2.08. The number of nitrogens with zero attached hydrogens (tertiary/aromatic N) is 3. The Bertz CT molecular complexity index is 371. The predicted molar refractivity (Wildman–Crippen MR) is 66.6 cm³/mol. The molecule has 0 fully saturated rings. The second-order valence-electron chi connectivity index (χ2n) is 4.19. The highest BCUT2D eigenvalue weighted by atomic mass is 16.5. The molecule has 1 rings (SSSR count). The molecular weight excluding hydrogens is 236 g/mol. The average Bonchev–Trinajstić information content (AvgIpc) is 2.22. The fraction of sp³-hybridized carbons (Fsp3) is 0.727. The van der Waals surface area contributed by atoms with Gasteiger partial charge in [-0.15, -0.1) is 4.98 Å². The first-order valence-electron chi connectivity index (χ1n) is 5.90. The molecule has 0 atom stereocenters. The van der Waals surface area contributed by atoms with Crippen LogP contribution in [0.25, 0.3) is 0 Å². The maximum atomic E-state index is 5.53. The molecule has 1 aromatic heterocycles. The fourth-order valence-corrected chi connectivity index (χ4v) is 1.10. The third-order valence-corrected chi connectivity index (χ3v) is 1.72. The highest BCUT2D eigenvalue weighted by molar-refractivity contribution is 5.20. The van der Waals surface area contributed by atoms with Crippen molar-refractivity contribution in [1.82, 2.24) is 15.0 Å². The van der Waals surface area contributed by atoms with E-state index >= 15 is 0 Å². The Balaban J connectivity index is 2.51. The predicted octanol–water partition coefficient (Wildman–Crippen LogP) is 1.04. The van der Waals surface area contributed by atoms with E-state index in [2.05, 4.69) is 15.0 Å². The van der Waals surface area contributed by atoms with E-state index < -0.39 is 0 Å². The van der Waals surface area contributed by atoms with Gasteiger partial charge in [0.05, 0.1) is 18.8 Å². The summed E-state index contributed by atoms with van der Waals surface area (Å²) in [5.41, 5.74) is 5.53. The van der Waals surface area contributed by atoms with Crippen LogP contribution in [0.1, 0.15) is 27.7 Å². The summed E-state index contributed by atoms with van der Waals surface area (Å²) in [7, 11) is 0. The van der Waals surface area contributed by atoms with Crippen LogP contribution in [0.4, 0.5) is 5.95 Å². The molecule has 0 aliphatic rings. The van der Waals surface area contributed by atoms with Gasteiger partial charge in [0, 0.05) is 0 Å². The second-order valence-corrected chi connectivity index (χ2v) is 4.19. The standard InChI is InChI=1S/C11H20N4O3/c1-7(2)16-5-6-17-10-13-9(12)14-11(15-10)18-8(3)4/h7-8H,5-6H2,1-4H3,(H2,12,13,14,15). The first kappa shape index (κ1) is 14.4. The summed E-state index contributed by atoms with van der Waals surface area (Å²) in [6, 6.07) is 0.308. The summed E-state index contributed by atoms with van der Waals surface area (Å²) in [6.45, 7) is 8.46. The third-order valence-electron chi connectivity index (χ3n) is 1.72. The van der Waals surface area contributed by atoms with Crippen molar-refractivity contribution in [3.05, 3.63) is 0 Å². The van der Waals surface area contributed by atoms with Crippen molar-refractivity contribution in [3.8, 4) is 12.0 Å². The number of aromatic nitrogens is 3. The molecule has 0 amide bonds. The van der Waals surface area contributed by atoms with Crippen molar-refractivity contribution in [1.29, 1.82) is 0 Å². The monoisotopic (exact) mass is 256 g/mol. The Hall–Kier alpha value is -1.63. The van der Waals surface area contributed by atoms with Crippen LogP contribution in [0.3, 0.4) is 0 Å². The van der Waals surface area contributed by atoms with Crippen LogP contribution in [0.5, 0.6) is 12.0 Å². The van der Waals surface area contributed by atoms with Gasteiger partial charge in [0.25, 0.3) is 0 Å². The molecule has 0 aliphatic carbocycles. The molecule has 0 radical (unpaired) electrons. The van der Waals surface area contributed by atoms with E-state index in [0.717, 1.165) is 0 Å². The summed E-state index contributed by atoms with van der Waals surface area (Å²) in [5, 5.41) is 0.